The van der Waals surface area contributed by atoms with Gasteiger partial charge in [0, 0.05) is 6.42 Å². The van der Waals surface area contributed by atoms with Crippen molar-refractivity contribution in [2.24, 2.45) is 0 Å². The van der Waals surface area contributed by atoms with Gasteiger partial charge in [-0.25, -0.2) is 8.78 Å². The second-order valence-electron chi connectivity index (χ2n) is 2.48. The topological polar surface area (TPSA) is 0 Å². The number of halogens is 2. The first-order valence-corrected chi connectivity index (χ1v) is 3.57. The fourth-order valence-corrected chi connectivity index (χ4v) is 0.959. The number of rotatable bonds is 0. The van der Waals surface area contributed by atoms with Gasteiger partial charge in [0.1, 0.15) is 6.17 Å². The first kappa shape index (κ1) is 7.53. The molecular formula is C8H10F2. The molecule has 0 saturated heterocycles. The molecule has 0 aliphatic heterocycles. The normalized spacial score (nSPS) is 33.4. The Bertz CT molecular complexity index is 154. The van der Waals surface area contributed by atoms with Crippen LogP contribution in [0, 0.1) is 11.8 Å². The van der Waals surface area contributed by atoms with Crippen LogP contribution in [0.1, 0.15) is 25.7 Å². The quantitative estimate of drug-likeness (QED) is 0.457. The van der Waals surface area contributed by atoms with Crippen LogP contribution in [0.3, 0.4) is 0 Å². The molecular weight excluding hydrogens is 134 g/mol. The molecule has 0 saturated carbocycles. The molecule has 0 radical (unpaired) electrons. The van der Waals surface area contributed by atoms with E-state index in [1.807, 2.05) is 0 Å². The van der Waals surface area contributed by atoms with Crippen molar-refractivity contribution in [1.29, 1.82) is 0 Å². The molecule has 1 aliphatic rings. The van der Waals surface area contributed by atoms with Gasteiger partial charge in [-0.3, -0.25) is 0 Å². The van der Waals surface area contributed by atoms with Crippen LogP contribution in [-0.4, -0.2) is 12.3 Å². The predicted molar refractivity (Wildman–Crippen MR) is 36.0 cm³/mol. The van der Waals surface area contributed by atoms with E-state index in [1.54, 1.807) is 0 Å². The van der Waals surface area contributed by atoms with Gasteiger partial charge in [0.2, 0.25) is 0 Å². The van der Waals surface area contributed by atoms with E-state index in [0.717, 1.165) is 12.8 Å². The van der Waals surface area contributed by atoms with Crippen molar-refractivity contribution in [1.82, 2.24) is 0 Å². The van der Waals surface area contributed by atoms with Crippen LogP contribution in [0.4, 0.5) is 8.78 Å². The third kappa shape index (κ3) is 1.98. The van der Waals surface area contributed by atoms with Gasteiger partial charge in [0.15, 0.2) is 6.17 Å². The highest BCUT2D eigenvalue weighted by Gasteiger charge is 2.17. The zero-order chi connectivity index (χ0) is 7.40. The molecule has 10 heavy (non-hydrogen) atoms. The van der Waals surface area contributed by atoms with E-state index < -0.39 is 12.3 Å². The lowest BCUT2D eigenvalue weighted by Gasteiger charge is -2.09. The van der Waals surface area contributed by atoms with Crippen LogP contribution < -0.4 is 0 Å². The molecule has 0 amide bonds. The summed E-state index contributed by atoms with van der Waals surface area (Å²) in [6.45, 7) is 0. The Kier molecular flexibility index (Phi) is 2.68. The summed E-state index contributed by atoms with van der Waals surface area (Å²) in [6, 6.07) is 0. The summed E-state index contributed by atoms with van der Waals surface area (Å²) in [5, 5.41) is 0. The van der Waals surface area contributed by atoms with Crippen LogP contribution in [-0.2, 0) is 0 Å². The van der Waals surface area contributed by atoms with Gasteiger partial charge >= 0.3 is 0 Å². The van der Waals surface area contributed by atoms with Crippen molar-refractivity contribution < 1.29 is 8.78 Å². The van der Waals surface area contributed by atoms with Gasteiger partial charge < -0.3 is 0 Å². The Morgan fingerprint density at radius 2 is 2.00 bits per heavy atom. The van der Waals surface area contributed by atoms with Crippen LogP contribution >= 0.6 is 0 Å². The van der Waals surface area contributed by atoms with E-state index in [9.17, 15) is 8.78 Å². The molecule has 0 aromatic heterocycles. The summed E-state index contributed by atoms with van der Waals surface area (Å²) < 4.78 is 25.0. The van der Waals surface area contributed by atoms with Crippen LogP contribution in [0.25, 0.3) is 0 Å². The molecule has 56 valence electrons. The zero-order valence-electron chi connectivity index (χ0n) is 5.74. The van der Waals surface area contributed by atoms with E-state index in [-0.39, 0.29) is 0 Å². The summed E-state index contributed by atoms with van der Waals surface area (Å²) in [7, 11) is 0. The summed E-state index contributed by atoms with van der Waals surface area (Å²) in [4.78, 5) is 0. The highest BCUT2D eigenvalue weighted by Crippen LogP contribution is 2.14. The molecule has 0 fully saturated rings. The molecule has 0 aromatic rings. The van der Waals surface area contributed by atoms with Gasteiger partial charge in [0.25, 0.3) is 0 Å². The maximum atomic E-state index is 12.5. The minimum atomic E-state index is -1.54. The summed E-state index contributed by atoms with van der Waals surface area (Å²) in [6.07, 6.45) is -0.188. The smallest absolute Gasteiger partial charge is 0.191 e. The second-order valence-corrected chi connectivity index (χ2v) is 2.48. The SMILES string of the molecule is FC1C#CCCCCC1F. The molecule has 0 N–H and O–H groups in total. The average Bonchev–Trinajstić information content (AvgIpc) is 1.92. The van der Waals surface area contributed by atoms with E-state index in [1.165, 1.54) is 0 Å². The standard InChI is InChI=1S/C8H10F2/c9-7-5-3-1-2-4-6-8(7)10/h7-8H,1-3,5H2. The molecule has 2 atom stereocenters. The highest BCUT2D eigenvalue weighted by atomic mass is 19.2. The largest absolute Gasteiger partial charge is 0.243 e. The molecule has 0 aromatic carbocycles. The summed E-state index contributed by atoms with van der Waals surface area (Å²) in [5.41, 5.74) is 0. The van der Waals surface area contributed by atoms with E-state index in [0.29, 0.717) is 12.8 Å². The van der Waals surface area contributed by atoms with E-state index in [2.05, 4.69) is 11.8 Å². The lowest BCUT2D eigenvalue weighted by molar-refractivity contribution is 0.195. The molecule has 0 bridgehead atoms. The van der Waals surface area contributed by atoms with Gasteiger partial charge in [-0.2, -0.15) is 0 Å². The number of alkyl halides is 2. The maximum absolute atomic E-state index is 12.5. The molecule has 2 heteroatoms. The molecule has 0 nitrogen and oxygen atoms in total. The van der Waals surface area contributed by atoms with Crippen LogP contribution in [0.5, 0.6) is 0 Å². The van der Waals surface area contributed by atoms with Gasteiger partial charge in [-0.15, -0.1) is 5.92 Å². The molecule has 0 spiro atoms. The molecule has 0 heterocycles. The highest BCUT2D eigenvalue weighted by molar-refractivity contribution is 5.08. The van der Waals surface area contributed by atoms with Crippen molar-refractivity contribution in [3.63, 3.8) is 0 Å². The number of hydrogen-bond donors (Lipinski definition) is 0. The summed E-state index contributed by atoms with van der Waals surface area (Å²) >= 11 is 0. The van der Waals surface area contributed by atoms with Crippen molar-refractivity contribution in [3.8, 4) is 11.8 Å². The van der Waals surface area contributed by atoms with Gasteiger partial charge in [-0.05, 0) is 19.3 Å². The van der Waals surface area contributed by atoms with E-state index >= 15 is 0 Å². The van der Waals surface area contributed by atoms with Crippen molar-refractivity contribution in [3.05, 3.63) is 0 Å². The minimum absolute atomic E-state index is 0.329. The Morgan fingerprint density at radius 1 is 1.20 bits per heavy atom. The third-order valence-corrected chi connectivity index (χ3v) is 1.59. The number of hydrogen-bond acceptors (Lipinski definition) is 0. The third-order valence-electron chi connectivity index (χ3n) is 1.59. The molecule has 1 aliphatic carbocycles. The maximum Gasteiger partial charge on any atom is 0.191 e. The fraction of sp³-hybridized carbons (Fsp3) is 0.750. The lowest BCUT2D eigenvalue weighted by atomic mass is 10.1. The Labute approximate surface area is 59.6 Å². The van der Waals surface area contributed by atoms with Crippen molar-refractivity contribution in [2.45, 2.75) is 38.0 Å². The lowest BCUT2D eigenvalue weighted by Crippen LogP contribution is -2.15. The predicted octanol–water partition coefficient (Wildman–Crippen LogP) is 2.24. The Morgan fingerprint density at radius 3 is 2.80 bits per heavy atom. The zero-order valence-corrected chi connectivity index (χ0v) is 5.74. The van der Waals surface area contributed by atoms with Gasteiger partial charge in [-0.1, -0.05) is 5.92 Å². The monoisotopic (exact) mass is 144 g/mol. The Balaban J connectivity index is 2.51. The van der Waals surface area contributed by atoms with Crippen LogP contribution in [0.15, 0.2) is 0 Å². The Hall–Kier alpha value is -0.580. The van der Waals surface area contributed by atoms with Crippen LogP contribution in [0.2, 0.25) is 0 Å². The molecule has 2 unspecified atom stereocenters. The van der Waals surface area contributed by atoms with E-state index in [4.69, 9.17) is 0 Å². The summed E-state index contributed by atoms with van der Waals surface area (Å²) in [5.74, 6) is 4.84. The molecule has 1 rings (SSSR count). The van der Waals surface area contributed by atoms with Crippen molar-refractivity contribution >= 4 is 0 Å². The van der Waals surface area contributed by atoms with Crippen molar-refractivity contribution in [2.75, 3.05) is 0 Å². The minimum Gasteiger partial charge on any atom is -0.243 e. The first-order chi connectivity index (χ1) is 4.80. The second kappa shape index (κ2) is 3.55. The van der Waals surface area contributed by atoms with Gasteiger partial charge in [0.05, 0.1) is 0 Å². The average molecular weight is 144 g/mol. The fourth-order valence-electron chi connectivity index (χ4n) is 0.959. The first-order valence-electron chi connectivity index (χ1n) is 3.57.